The summed E-state index contributed by atoms with van der Waals surface area (Å²) in [5, 5.41) is 0. The molecule has 0 spiro atoms. The van der Waals surface area contributed by atoms with Crippen LogP contribution in [-0.4, -0.2) is 29.6 Å². The van der Waals surface area contributed by atoms with Gasteiger partial charge in [-0.05, 0) is 40.4 Å². The molecule has 0 fully saturated rings. The number of rotatable bonds is 11. The smallest absolute Gasteiger partial charge is 0.137 e. The number of carbonyl (C=O) groups excluding carboxylic acids is 1. The molecular formula is C25H38O2S. The minimum absolute atomic E-state index is 0.297. The fraction of sp³-hybridized carbons (Fsp3) is 0.480. The minimum atomic E-state index is -0.910. The van der Waals surface area contributed by atoms with Crippen molar-refractivity contribution in [1.29, 1.82) is 0 Å². The summed E-state index contributed by atoms with van der Waals surface area (Å²) in [6.07, 6.45) is 1.95. The first-order valence-corrected chi connectivity index (χ1v) is 12.8. The maximum atomic E-state index is 12.3. The quantitative estimate of drug-likeness (QED) is 0.376. The monoisotopic (exact) mass is 402 g/mol. The lowest BCUT2D eigenvalue weighted by molar-refractivity contribution is -0.118. The van der Waals surface area contributed by atoms with Gasteiger partial charge in [0.15, 0.2) is 0 Å². The first kappa shape index (κ1) is 24.5. The van der Waals surface area contributed by atoms with Crippen LogP contribution >= 0.6 is 10.3 Å². The van der Waals surface area contributed by atoms with E-state index in [1.165, 1.54) is 11.1 Å². The Morgan fingerprint density at radius 1 is 0.821 bits per heavy atom. The van der Waals surface area contributed by atoms with E-state index in [2.05, 4.69) is 57.2 Å². The van der Waals surface area contributed by atoms with Gasteiger partial charge in [-0.15, -0.1) is 10.3 Å². The summed E-state index contributed by atoms with van der Waals surface area (Å²) in [5.41, 5.74) is 3.48. The highest BCUT2D eigenvalue weighted by molar-refractivity contribution is 8.29. The van der Waals surface area contributed by atoms with Crippen LogP contribution in [0.15, 0.2) is 54.6 Å². The fourth-order valence-corrected chi connectivity index (χ4v) is 5.33. The van der Waals surface area contributed by atoms with E-state index in [0.717, 1.165) is 29.2 Å². The number of Topliss-reactive ketones (excluding diaryl/α,β-unsaturated/α-hetero) is 1. The Balaban J connectivity index is 0.00000190. The minimum Gasteiger partial charge on any atom is -0.337 e. The lowest BCUT2D eigenvalue weighted by atomic mass is 10.0. The van der Waals surface area contributed by atoms with E-state index in [0.29, 0.717) is 25.2 Å². The zero-order valence-electron chi connectivity index (χ0n) is 18.4. The molecule has 0 aliphatic heterocycles. The summed E-state index contributed by atoms with van der Waals surface area (Å²) in [5.74, 6) is 3.64. The van der Waals surface area contributed by atoms with Crippen molar-refractivity contribution < 1.29 is 8.98 Å². The van der Waals surface area contributed by atoms with E-state index >= 15 is 0 Å². The van der Waals surface area contributed by atoms with Gasteiger partial charge in [-0.25, -0.2) is 0 Å². The molecule has 0 bridgehead atoms. The lowest BCUT2D eigenvalue weighted by Crippen LogP contribution is -2.14. The highest BCUT2D eigenvalue weighted by Gasteiger charge is 2.18. The average molecular weight is 403 g/mol. The van der Waals surface area contributed by atoms with Gasteiger partial charge in [0.1, 0.15) is 5.78 Å². The second kappa shape index (κ2) is 13.6. The van der Waals surface area contributed by atoms with Gasteiger partial charge in [-0.2, -0.15) is 0 Å². The number of carbonyl (C=O) groups is 1. The maximum Gasteiger partial charge on any atom is 0.137 e. The predicted octanol–water partition coefficient (Wildman–Crippen LogP) is 7.07. The summed E-state index contributed by atoms with van der Waals surface area (Å²) in [6.45, 7) is 11.4. The predicted molar refractivity (Wildman–Crippen MR) is 126 cm³/mol. The Kier molecular flexibility index (Phi) is 11.9. The van der Waals surface area contributed by atoms with Crippen LogP contribution in [0.25, 0.3) is 11.1 Å². The molecule has 2 rings (SSSR count). The van der Waals surface area contributed by atoms with E-state index in [1.54, 1.807) is 0 Å². The Labute approximate surface area is 174 Å². The van der Waals surface area contributed by atoms with Crippen molar-refractivity contribution in [2.24, 2.45) is 0 Å². The molecule has 28 heavy (non-hydrogen) atoms. The van der Waals surface area contributed by atoms with Gasteiger partial charge in [0.25, 0.3) is 0 Å². The first-order chi connectivity index (χ1) is 13.6. The molecule has 0 heterocycles. The molecule has 0 atom stereocenters. The van der Waals surface area contributed by atoms with Crippen molar-refractivity contribution >= 4 is 16.1 Å². The van der Waals surface area contributed by atoms with Crippen molar-refractivity contribution in [3.63, 3.8) is 0 Å². The third-order valence-electron chi connectivity index (χ3n) is 4.97. The largest absolute Gasteiger partial charge is 0.337 e. The summed E-state index contributed by atoms with van der Waals surface area (Å²) >= 11 is 0. The number of hydrogen-bond donors (Lipinski definition) is 0. The molecular weight excluding hydrogens is 364 g/mol. The highest BCUT2D eigenvalue weighted by Crippen LogP contribution is 2.47. The van der Waals surface area contributed by atoms with Gasteiger partial charge in [-0.1, -0.05) is 89.2 Å². The van der Waals surface area contributed by atoms with Crippen molar-refractivity contribution in [1.82, 2.24) is 0 Å². The fourth-order valence-electron chi connectivity index (χ4n) is 3.13. The van der Waals surface area contributed by atoms with E-state index in [9.17, 15) is 4.79 Å². The second-order valence-electron chi connectivity index (χ2n) is 6.54. The molecule has 3 heteroatoms. The standard InChI is InChI=1S/C23H32O2S.C2H6/c1-4-26(5-2,6-3)25-18-10-13-23(24)19-20-14-16-22(17-15-20)21-11-8-7-9-12-21;1-2/h7-9,11-12,14-17H,4-6,10,13,18-19H2,1-3H3;1-2H3. The molecule has 0 saturated heterocycles. The van der Waals surface area contributed by atoms with Crippen molar-refractivity contribution in [2.45, 2.75) is 53.9 Å². The molecule has 0 aliphatic carbocycles. The summed E-state index contributed by atoms with van der Waals surface area (Å²) in [6, 6.07) is 18.6. The summed E-state index contributed by atoms with van der Waals surface area (Å²) in [4.78, 5) is 12.3. The SMILES string of the molecule is CC.CCS(CC)(CC)OCCCC(=O)Cc1ccc(-c2ccccc2)cc1. The normalized spacial score (nSPS) is 11.5. The van der Waals surface area contributed by atoms with Gasteiger partial charge < -0.3 is 4.18 Å². The number of benzene rings is 2. The third-order valence-corrected chi connectivity index (χ3v) is 8.80. The lowest BCUT2D eigenvalue weighted by Gasteiger charge is -2.36. The molecule has 0 aliphatic rings. The molecule has 156 valence electrons. The van der Waals surface area contributed by atoms with Gasteiger partial charge in [-0.3, -0.25) is 4.79 Å². The van der Waals surface area contributed by atoms with Crippen LogP contribution in [-0.2, 0) is 15.4 Å². The molecule has 0 aromatic heterocycles. The Bertz CT molecular complexity index is 652. The third kappa shape index (κ3) is 7.81. The van der Waals surface area contributed by atoms with E-state index in [1.807, 2.05) is 32.0 Å². The van der Waals surface area contributed by atoms with E-state index < -0.39 is 10.3 Å². The zero-order chi connectivity index (χ0) is 20.8. The highest BCUT2D eigenvalue weighted by atomic mass is 32.3. The van der Waals surface area contributed by atoms with Crippen LogP contribution in [0.4, 0.5) is 0 Å². The van der Waals surface area contributed by atoms with Gasteiger partial charge in [0, 0.05) is 12.8 Å². The summed E-state index contributed by atoms with van der Waals surface area (Å²) in [7, 11) is -0.910. The topological polar surface area (TPSA) is 26.3 Å². The molecule has 2 aromatic rings. The zero-order valence-corrected chi connectivity index (χ0v) is 19.2. The second-order valence-corrected chi connectivity index (χ2v) is 10.4. The van der Waals surface area contributed by atoms with Crippen LogP contribution in [0.3, 0.4) is 0 Å². The number of hydrogen-bond acceptors (Lipinski definition) is 2. The molecule has 0 amide bonds. The van der Waals surface area contributed by atoms with Gasteiger partial charge in [0.05, 0.1) is 6.61 Å². The Morgan fingerprint density at radius 3 is 1.89 bits per heavy atom. The molecule has 0 unspecified atom stereocenters. The number of ketones is 1. The van der Waals surface area contributed by atoms with Crippen molar-refractivity contribution in [3.8, 4) is 11.1 Å². The molecule has 0 saturated carbocycles. The average Bonchev–Trinajstić information content (AvgIpc) is 2.77. The van der Waals surface area contributed by atoms with E-state index in [-0.39, 0.29) is 0 Å². The van der Waals surface area contributed by atoms with Crippen LogP contribution in [0.5, 0.6) is 0 Å². The van der Waals surface area contributed by atoms with Crippen LogP contribution < -0.4 is 0 Å². The van der Waals surface area contributed by atoms with Crippen molar-refractivity contribution in [3.05, 3.63) is 60.2 Å². The van der Waals surface area contributed by atoms with Gasteiger partial charge in [0.2, 0.25) is 0 Å². The van der Waals surface area contributed by atoms with Crippen LogP contribution in [0, 0.1) is 0 Å². The van der Waals surface area contributed by atoms with Gasteiger partial charge >= 0.3 is 0 Å². The first-order valence-electron chi connectivity index (χ1n) is 10.7. The molecule has 0 N–H and O–H groups in total. The molecule has 2 nitrogen and oxygen atoms in total. The Hall–Kier alpha value is -1.58. The molecule has 2 aromatic carbocycles. The molecule has 0 radical (unpaired) electrons. The van der Waals surface area contributed by atoms with Crippen LogP contribution in [0.1, 0.15) is 53.0 Å². The maximum absolute atomic E-state index is 12.3. The summed E-state index contributed by atoms with van der Waals surface area (Å²) < 4.78 is 6.17. The van der Waals surface area contributed by atoms with Crippen molar-refractivity contribution in [2.75, 3.05) is 23.9 Å². The Morgan fingerprint density at radius 2 is 1.36 bits per heavy atom. The van der Waals surface area contributed by atoms with E-state index in [4.69, 9.17) is 4.18 Å². The van der Waals surface area contributed by atoms with Crippen LogP contribution in [0.2, 0.25) is 0 Å².